The lowest BCUT2D eigenvalue weighted by Crippen LogP contribution is -2.12. The molecule has 0 atom stereocenters. The first kappa shape index (κ1) is 10.9. The summed E-state index contributed by atoms with van der Waals surface area (Å²) in [5.74, 6) is -1.56. The minimum atomic E-state index is -4.88. The Morgan fingerprint density at radius 3 is 1.79 bits per heavy atom. The van der Waals surface area contributed by atoms with Crippen LogP contribution in [-0.4, -0.2) is 9.55 Å². The van der Waals surface area contributed by atoms with Gasteiger partial charge < -0.3 is 4.57 Å². The first-order chi connectivity index (χ1) is 6.12. The minimum absolute atomic E-state index is 0.294. The molecular formula is C6H4F6N2. The molecule has 0 spiro atoms. The van der Waals surface area contributed by atoms with Crippen LogP contribution in [0.4, 0.5) is 26.3 Å². The average Bonchev–Trinajstić information content (AvgIpc) is 2.27. The predicted octanol–water partition coefficient (Wildman–Crippen LogP) is 2.46. The molecule has 1 aromatic heterocycles. The topological polar surface area (TPSA) is 17.8 Å². The van der Waals surface area contributed by atoms with Crippen molar-refractivity contribution in [1.29, 1.82) is 0 Å². The number of halogens is 6. The van der Waals surface area contributed by atoms with Gasteiger partial charge in [-0.05, 0) is 0 Å². The van der Waals surface area contributed by atoms with Crippen LogP contribution in [0.5, 0.6) is 0 Å². The minimum Gasteiger partial charge on any atom is -0.330 e. The Balaban J connectivity index is 3.19. The van der Waals surface area contributed by atoms with Crippen molar-refractivity contribution in [3.8, 4) is 0 Å². The third-order valence-corrected chi connectivity index (χ3v) is 1.42. The fourth-order valence-electron chi connectivity index (χ4n) is 0.866. The zero-order valence-corrected chi connectivity index (χ0v) is 6.74. The summed E-state index contributed by atoms with van der Waals surface area (Å²) in [5, 5.41) is 0. The lowest BCUT2D eigenvalue weighted by molar-refractivity contribution is -0.150. The van der Waals surface area contributed by atoms with Crippen LogP contribution >= 0.6 is 0 Å². The summed E-state index contributed by atoms with van der Waals surface area (Å²) in [6, 6.07) is 0. The second kappa shape index (κ2) is 2.89. The van der Waals surface area contributed by atoms with E-state index in [1.54, 1.807) is 0 Å². The van der Waals surface area contributed by atoms with Crippen LogP contribution in [-0.2, 0) is 19.4 Å². The smallest absolute Gasteiger partial charge is 0.330 e. The van der Waals surface area contributed by atoms with E-state index in [1.165, 1.54) is 0 Å². The highest BCUT2D eigenvalue weighted by molar-refractivity contribution is 5.09. The molecule has 0 bridgehead atoms. The van der Waals surface area contributed by atoms with Gasteiger partial charge in [0.25, 0.3) is 0 Å². The summed E-state index contributed by atoms with van der Waals surface area (Å²) in [4.78, 5) is 2.47. The summed E-state index contributed by atoms with van der Waals surface area (Å²) in [6.45, 7) is 0. The lowest BCUT2D eigenvalue weighted by Gasteiger charge is -2.04. The number of aryl methyl sites for hydroxylation is 1. The molecule has 1 heterocycles. The first-order valence-corrected chi connectivity index (χ1v) is 3.30. The maximum absolute atomic E-state index is 12.0. The molecule has 0 unspecified atom stereocenters. The fraction of sp³-hybridized carbons (Fsp3) is 0.500. The molecular weight excluding hydrogens is 214 g/mol. The van der Waals surface area contributed by atoms with E-state index in [2.05, 4.69) is 4.98 Å². The van der Waals surface area contributed by atoms with Gasteiger partial charge in [-0.1, -0.05) is 0 Å². The van der Waals surface area contributed by atoms with Crippen molar-refractivity contribution in [1.82, 2.24) is 9.55 Å². The molecule has 0 aliphatic rings. The maximum atomic E-state index is 12.0. The molecule has 0 aromatic carbocycles. The average molecular weight is 218 g/mol. The molecule has 0 amide bonds. The van der Waals surface area contributed by atoms with Gasteiger partial charge in [-0.3, -0.25) is 0 Å². The Morgan fingerprint density at radius 1 is 1.07 bits per heavy atom. The van der Waals surface area contributed by atoms with Gasteiger partial charge in [-0.15, -0.1) is 0 Å². The SMILES string of the molecule is Cn1cc(C(F)(F)F)nc1C(F)(F)F. The van der Waals surface area contributed by atoms with E-state index < -0.39 is 23.9 Å². The zero-order valence-electron chi connectivity index (χ0n) is 6.74. The van der Waals surface area contributed by atoms with E-state index in [-0.39, 0.29) is 0 Å². The van der Waals surface area contributed by atoms with Crippen molar-refractivity contribution in [3.63, 3.8) is 0 Å². The highest BCUT2D eigenvalue weighted by Gasteiger charge is 2.41. The van der Waals surface area contributed by atoms with Crippen LogP contribution in [0.15, 0.2) is 6.20 Å². The third kappa shape index (κ3) is 1.99. The van der Waals surface area contributed by atoms with Gasteiger partial charge in [0.1, 0.15) is 0 Å². The van der Waals surface area contributed by atoms with Crippen molar-refractivity contribution in [2.24, 2.45) is 7.05 Å². The van der Waals surface area contributed by atoms with E-state index in [0.717, 1.165) is 7.05 Å². The van der Waals surface area contributed by atoms with Crippen LogP contribution in [0.3, 0.4) is 0 Å². The molecule has 0 saturated heterocycles. The molecule has 0 aliphatic heterocycles. The molecule has 0 fully saturated rings. The van der Waals surface area contributed by atoms with E-state index in [9.17, 15) is 26.3 Å². The van der Waals surface area contributed by atoms with E-state index in [1.807, 2.05) is 0 Å². The summed E-state index contributed by atoms with van der Waals surface area (Å²) < 4.78 is 72.1. The van der Waals surface area contributed by atoms with Gasteiger partial charge in [-0.25, -0.2) is 4.98 Å². The van der Waals surface area contributed by atoms with Gasteiger partial charge in [0.15, 0.2) is 5.69 Å². The van der Waals surface area contributed by atoms with E-state index in [0.29, 0.717) is 10.8 Å². The van der Waals surface area contributed by atoms with Gasteiger partial charge >= 0.3 is 12.4 Å². The molecule has 8 heteroatoms. The lowest BCUT2D eigenvalue weighted by atomic mass is 10.5. The molecule has 80 valence electrons. The molecule has 0 radical (unpaired) electrons. The Kier molecular flexibility index (Phi) is 2.24. The fourth-order valence-corrected chi connectivity index (χ4v) is 0.866. The largest absolute Gasteiger partial charge is 0.449 e. The van der Waals surface area contributed by atoms with Crippen molar-refractivity contribution in [2.45, 2.75) is 12.4 Å². The summed E-state index contributed by atoms with van der Waals surface area (Å²) in [7, 11) is 0.852. The summed E-state index contributed by atoms with van der Waals surface area (Å²) >= 11 is 0. The van der Waals surface area contributed by atoms with Gasteiger partial charge in [-0.2, -0.15) is 26.3 Å². The van der Waals surface area contributed by atoms with Crippen LogP contribution in [0.2, 0.25) is 0 Å². The molecule has 0 aliphatic carbocycles. The molecule has 1 aromatic rings. The van der Waals surface area contributed by atoms with Gasteiger partial charge in [0.2, 0.25) is 5.82 Å². The predicted molar refractivity (Wildman–Crippen MR) is 33.2 cm³/mol. The Bertz CT molecular complexity index is 333. The Morgan fingerprint density at radius 2 is 1.57 bits per heavy atom. The number of rotatable bonds is 0. The second-order valence-corrected chi connectivity index (χ2v) is 2.56. The standard InChI is InChI=1S/C6H4F6N2/c1-14-2-3(5(7,8)9)13-4(14)6(10,11)12/h2H,1H3. The normalized spacial score (nSPS) is 13.4. The Labute approximate surface area is 74.2 Å². The zero-order chi connectivity index (χ0) is 11.1. The van der Waals surface area contributed by atoms with Crippen molar-refractivity contribution >= 4 is 0 Å². The Hall–Kier alpha value is -1.21. The molecule has 2 nitrogen and oxygen atoms in total. The van der Waals surface area contributed by atoms with Gasteiger partial charge in [0.05, 0.1) is 0 Å². The quantitative estimate of drug-likeness (QED) is 0.611. The molecule has 1 rings (SSSR count). The highest BCUT2D eigenvalue weighted by atomic mass is 19.4. The van der Waals surface area contributed by atoms with Crippen molar-refractivity contribution < 1.29 is 26.3 Å². The summed E-state index contributed by atoms with van der Waals surface area (Å²) in [6.07, 6.45) is -9.44. The molecule has 0 saturated carbocycles. The molecule has 14 heavy (non-hydrogen) atoms. The van der Waals surface area contributed by atoms with Crippen LogP contribution < -0.4 is 0 Å². The van der Waals surface area contributed by atoms with Crippen LogP contribution in [0, 0.1) is 0 Å². The number of aromatic nitrogens is 2. The first-order valence-electron chi connectivity index (χ1n) is 3.30. The number of hydrogen-bond donors (Lipinski definition) is 0. The van der Waals surface area contributed by atoms with Crippen LogP contribution in [0.1, 0.15) is 11.5 Å². The van der Waals surface area contributed by atoms with E-state index >= 15 is 0 Å². The second-order valence-electron chi connectivity index (χ2n) is 2.56. The van der Waals surface area contributed by atoms with Crippen molar-refractivity contribution in [3.05, 3.63) is 17.7 Å². The summed E-state index contributed by atoms with van der Waals surface area (Å²) in [5.41, 5.74) is -1.55. The number of imidazole rings is 1. The maximum Gasteiger partial charge on any atom is 0.449 e. The van der Waals surface area contributed by atoms with E-state index in [4.69, 9.17) is 0 Å². The van der Waals surface area contributed by atoms with Crippen LogP contribution in [0.25, 0.3) is 0 Å². The van der Waals surface area contributed by atoms with Gasteiger partial charge in [0, 0.05) is 13.2 Å². The van der Waals surface area contributed by atoms with Crippen molar-refractivity contribution in [2.75, 3.05) is 0 Å². The number of alkyl halides is 6. The number of hydrogen-bond acceptors (Lipinski definition) is 1. The highest BCUT2D eigenvalue weighted by Crippen LogP contribution is 2.33. The third-order valence-electron chi connectivity index (χ3n) is 1.42. The number of nitrogens with zero attached hydrogens (tertiary/aromatic N) is 2. The molecule has 0 N–H and O–H groups in total. The monoisotopic (exact) mass is 218 g/mol.